The van der Waals surface area contributed by atoms with Crippen LogP contribution in [0.3, 0.4) is 0 Å². The van der Waals surface area contributed by atoms with Crippen LogP contribution in [-0.2, 0) is 6.42 Å². The molecule has 0 saturated heterocycles. The second-order valence-corrected chi connectivity index (χ2v) is 3.59. The first-order chi connectivity index (χ1) is 6.72. The molecule has 0 bridgehead atoms. The standard InChI is InChI=1S/C10H11FN2O/c1-7-2-3-8-6-9(11)4-5-10(8)13(7)12-14/h4-7H,2-3H2,1H3. The SMILES string of the molecule is CC1CCc2cc(F)ccc2N1N=O. The van der Waals surface area contributed by atoms with Gasteiger partial charge in [0.05, 0.1) is 17.0 Å². The summed E-state index contributed by atoms with van der Waals surface area (Å²) in [4.78, 5) is 10.6. The van der Waals surface area contributed by atoms with Crippen LogP contribution in [0.25, 0.3) is 0 Å². The molecule has 0 spiro atoms. The topological polar surface area (TPSA) is 32.7 Å². The Labute approximate surface area is 81.5 Å². The third kappa shape index (κ3) is 1.36. The number of benzene rings is 1. The fraction of sp³-hybridized carbons (Fsp3) is 0.400. The van der Waals surface area contributed by atoms with Gasteiger partial charge in [-0.25, -0.2) is 9.40 Å². The molecule has 0 radical (unpaired) electrons. The summed E-state index contributed by atoms with van der Waals surface area (Å²) >= 11 is 0. The quantitative estimate of drug-likeness (QED) is 0.644. The average Bonchev–Trinajstić information content (AvgIpc) is 2.18. The molecule has 0 N–H and O–H groups in total. The molecule has 0 aromatic heterocycles. The highest BCUT2D eigenvalue weighted by Crippen LogP contribution is 2.31. The minimum absolute atomic E-state index is 0.102. The Balaban J connectivity index is 2.46. The Morgan fingerprint density at radius 1 is 1.57 bits per heavy atom. The van der Waals surface area contributed by atoms with Crippen LogP contribution in [0.2, 0.25) is 0 Å². The van der Waals surface area contributed by atoms with E-state index in [0.717, 1.165) is 24.1 Å². The highest BCUT2D eigenvalue weighted by atomic mass is 19.1. The van der Waals surface area contributed by atoms with Gasteiger partial charge in [-0.15, -0.1) is 4.91 Å². The number of fused-ring (bicyclic) bond motifs is 1. The Morgan fingerprint density at radius 2 is 2.36 bits per heavy atom. The highest BCUT2D eigenvalue weighted by Gasteiger charge is 2.23. The second-order valence-electron chi connectivity index (χ2n) is 3.59. The number of hydrogen-bond donors (Lipinski definition) is 0. The Hall–Kier alpha value is -1.45. The van der Waals surface area contributed by atoms with Crippen molar-refractivity contribution in [3.8, 4) is 0 Å². The number of nitrogens with zero attached hydrogens (tertiary/aromatic N) is 2. The number of aryl methyl sites for hydroxylation is 1. The number of nitroso groups, excluding NO2 is 1. The number of rotatable bonds is 1. The molecule has 3 nitrogen and oxygen atoms in total. The van der Waals surface area contributed by atoms with E-state index in [1.165, 1.54) is 17.1 Å². The average molecular weight is 194 g/mol. The van der Waals surface area contributed by atoms with Crippen molar-refractivity contribution >= 4 is 5.69 Å². The molecule has 1 aliphatic heterocycles. The molecule has 0 aliphatic carbocycles. The molecule has 1 heterocycles. The molecule has 74 valence electrons. The van der Waals surface area contributed by atoms with Gasteiger partial charge in [-0.05, 0) is 43.5 Å². The molecular formula is C10H11FN2O. The highest BCUT2D eigenvalue weighted by molar-refractivity contribution is 5.55. The summed E-state index contributed by atoms with van der Waals surface area (Å²) in [6, 6.07) is 4.54. The zero-order chi connectivity index (χ0) is 10.1. The Bertz CT molecular complexity index is 367. The number of hydrogen-bond acceptors (Lipinski definition) is 2. The van der Waals surface area contributed by atoms with Gasteiger partial charge >= 0.3 is 0 Å². The van der Waals surface area contributed by atoms with Gasteiger partial charge in [0.15, 0.2) is 0 Å². The van der Waals surface area contributed by atoms with E-state index in [-0.39, 0.29) is 11.9 Å². The van der Waals surface area contributed by atoms with Crippen molar-refractivity contribution in [2.45, 2.75) is 25.8 Å². The first-order valence-corrected chi connectivity index (χ1v) is 4.63. The summed E-state index contributed by atoms with van der Waals surface area (Å²) in [6.45, 7) is 1.94. The minimum atomic E-state index is -0.260. The van der Waals surface area contributed by atoms with E-state index in [1.807, 2.05) is 6.92 Å². The fourth-order valence-electron chi connectivity index (χ4n) is 1.83. The van der Waals surface area contributed by atoms with E-state index < -0.39 is 0 Å². The molecule has 0 fully saturated rings. The van der Waals surface area contributed by atoms with Crippen LogP contribution in [0.1, 0.15) is 18.9 Å². The molecule has 0 amide bonds. The van der Waals surface area contributed by atoms with Gasteiger partial charge in [-0.3, -0.25) is 0 Å². The van der Waals surface area contributed by atoms with Gasteiger partial charge in [0, 0.05) is 0 Å². The maximum Gasteiger partial charge on any atom is 0.123 e. The molecule has 1 unspecified atom stereocenters. The minimum Gasteiger partial charge on any atom is -0.226 e. The van der Waals surface area contributed by atoms with Gasteiger partial charge in [0.2, 0.25) is 0 Å². The third-order valence-electron chi connectivity index (χ3n) is 2.63. The van der Waals surface area contributed by atoms with Gasteiger partial charge in [0.25, 0.3) is 0 Å². The van der Waals surface area contributed by atoms with Crippen LogP contribution < -0.4 is 5.01 Å². The lowest BCUT2D eigenvalue weighted by Crippen LogP contribution is -2.32. The van der Waals surface area contributed by atoms with Crippen molar-refractivity contribution in [1.82, 2.24) is 0 Å². The van der Waals surface area contributed by atoms with E-state index >= 15 is 0 Å². The smallest absolute Gasteiger partial charge is 0.123 e. The van der Waals surface area contributed by atoms with E-state index in [9.17, 15) is 9.30 Å². The van der Waals surface area contributed by atoms with Crippen molar-refractivity contribution in [2.24, 2.45) is 5.29 Å². The summed E-state index contributed by atoms with van der Waals surface area (Å²) in [7, 11) is 0. The van der Waals surface area contributed by atoms with Crippen molar-refractivity contribution in [1.29, 1.82) is 0 Å². The molecule has 2 rings (SSSR count). The summed E-state index contributed by atoms with van der Waals surface area (Å²) in [5, 5.41) is 4.38. The van der Waals surface area contributed by atoms with Crippen LogP contribution >= 0.6 is 0 Å². The van der Waals surface area contributed by atoms with Crippen LogP contribution in [0.5, 0.6) is 0 Å². The lowest BCUT2D eigenvalue weighted by Gasteiger charge is -2.29. The van der Waals surface area contributed by atoms with Gasteiger partial charge in [-0.1, -0.05) is 0 Å². The molecule has 1 atom stereocenters. The number of anilines is 1. The first-order valence-electron chi connectivity index (χ1n) is 4.63. The monoisotopic (exact) mass is 194 g/mol. The molecule has 0 saturated carbocycles. The van der Waals surface area contributed by atoms with Gasteiger partial charge in [-0.2, -0.15) is 0 Å². The zero-order valence-corrected chi connectivity index (χ0v) is 7.90. The van der Waals surface area contributed by atoms with Crippen LogP contribution in [0, 0.1) is 10.7 Å². The lowest BCUT2D eigenvalue weighted by molar-refractivity contribution is 0.565. The first kappa shape index (κ1) is 9.12. The second kappa shape index (κ2) is 3.36. The maximum absolute atomic E-state index is 12.9. The van der Waals surface area contributed by atoms with Crippen molar-refractivity contribution in [3.63, 3.8) is 0 Å². The van der Waals surface area contributed by atoms with Crippen LogP contribution in [-0.4, -0.2) is 6.04 Å². The van der Waals surface area contributed by atoms with E-state index in [1.54, 1.807) is 6.07 Å². The molecule has 1 aromatic carbocycles. The molecular weight excluding hydrogens is 183 g/mol. The van der Waals surface area contributed by atoms with E-state index in [4.69, 9.17) is 0 Å². The third-order valence-corrected chi connectivity index (χ3v) is 2.63. The normalized spacial score (nSPS) is 20.4. The largest absolute Gasteiger partial charge is 0.226 e. The summed E-state index contributed by atoms with van der Waals surface area (Å²) < 4.78 is 12.9. The fourth-order valence-corrected chi connectivity index (χ4v) is 1.83. The maximum atomic E-state index is 12.9. The molecule has 1 aliphatic rings. The van der Waals surface area contributed by atoms with Crippen molar-refractivity contribution in [2.75, 3.05) is 5.01 Å². The van der Waals surface area contributed by atoms with E-state index in [2.05, 4.69) is 5.29 Å². The lowest BCUT2D eigenvalue weighted by atomic mass is 9.98. The number of halogens is 1. The molecule has 4 heteroatoms. The van der Waals surface area contributed by atoms with Crippen molar-refractivity contribution in [3.05, 3.63) is 34.5 Å². The molecule has 14 heavy (non-hydrogen) atoms. The molecule has 1 aromatic rings. The zero-order valence-electron chi connectivity index (χ0n) is 7.90. The predicted octanol–water partition coefficient (Wildman–Crippen LogP) is 2.65. The Kier molecular flexibility index (Phi) is 2.19. The van der Waals surface area contributed by atoms with Crippen LogP contribution in [0.4, 0.5) is 10.1 Å². The van der Waals surface area contributed by atoms with Gasteiger partial charge in [0.1, 0.15) is 5.82 Å². The van der Waals surface area contributed by atoms with Crippen molar-refractivity contribution < 1.29 is 4.39 Å². The van der Waals surface area contributed by atoms with Gasteiger partial charge < -0.3 is 0 Å². The predicted molar refractivity (Wildman–Crippen MR) is 52.5 cm³/mol. The van der Waals surface area contributed by atoms with E-state index in [0.29, 0.717) is 0 Å². The summed E-state index contributed by atoms with van der Waals surface area (Å²) in [5.41, 5.74) is 1.60. The Morgan fingerprint density at radius 3 is 3.07 bits per heavy atom. The summed E-state index contributed by atoms with van der Waals surface area (Å²) in [5.74, 6) is -0.260. The van der Waals surface area contributed by atoms with Crippen LogP contribution in [0.15, 0.2) is 23.5 Å². The summed E-state index contributed by atoms with van der Waals surface area (Å²) in [6.07, 6.45) is 1.64.